The minimum Gasteiger partial charge on any atom is -0.490 e. The second-order valence-electron chi connectivity index (χ2n) is 5.11. The highest BCUT2D eigenvalue weighted by molar-refractivity contribution is 5.67. The van der Waals surface area contributed by atoms with Gasteiger partial charge in [0, 0.05) is 6.42 Å². The summed E-state index contributed by atoms with van der Waals surface area (Å²) in [6.45, 7) is 3.34. The Labute approximate surface area is 141 Å². The lowest BCUT2D eigenvalue weighted by Crippen LogP contribution is -2.09. The van der Waals surface area contributed by atoms with Crippen molar-refractivity contribution in [1.82, 2.24) is 0 Å². The molecule has 0 saturated carbocycles. The lowest BCUT2D eigenvalue weighted by Gasteiger charge is -2.12. The third kappa shape index (κ3) is 5.83. The number of aliphatic carboxylic acids is 1. The van der Waals surface area contributed by atoms with Gasteiger partial charge in [0.05, 0.1) is 6.61 Å². The number of hydrogen-bond donors (Lipinski definition) is 1. The van der Waals surface area contributed by atoms with Crippen molar-refractivity contribution >= 4 is 5.97 Å². The summed E-state index contributed by atoms with van der Waals surface area (Å²) < 4.78 is 16.8. The first-order chi connectivity index (χ1) is 11.7. The van der Waals surface area contributed by atoms with Crippen LogP contribution in [0.2, 0.25) is 0 Å². The van der Waals surface area contributed by atoms with Crippen LogP contribution in [0.15, 0.2) is 48.5 Å². The van der Waals surface area contributed by atoms with Crippen LogP contribution in [0.1, 0.15) is 18.9 Å². The first-order valence-corrected chi connectivity index (χ1v) is 7.97. The highest BCUT2D eigenvalue weighted by Gasteiger charge is 2.04. The number of benzene rings is 2. The fraction of sp³-hybridized carbons (Fsp3) is 0.316. The first kappa shape index (κ1) is 17.7. The van der Waals surface area contributed by atoms with Gasteiger partial charge in [-0.2, -0.15) is 0 Å². The average molecular weight is 330 g/mol. The molecule has 2 aromatic carbocycles. The van der Waals surface area contributed by atoms with Gasteiger partial charge >= 0.3 is 5.97 Å². The van der Waals surface area contributed by atoms with Crippen molar-refractivity contribution in [2.75, 3.05) is 19.8 Å². The minimum absolute atomic E-state index is 0.132. The van der Waals surface area contributed by atoms with E-state index in [1.165, 1.54) is 0 Å². The summed E-state index contributed by atoms with van der Waals surface area (Å²) in [5, 5.41) is 8.67. The molecule has 0 aliphatic carbocycles. The summed E-state index contributed by atoms with van der Waals surface area (Å²) in [4.78, 5) is 10.5. The molecule has 0 radical (unpaired) electrons. The Hall–Kier alpha value is -2.69. The Morgan fingerprint density at radius 3 is 2.17 bits per heavy atom. The molecule has 0 saturated heterocycles. The maximum atomic E-state index is 10.5. The Balaban J connectivity index is 1.75. The van der Waals surface area contributed by atoms with Crippen LogP contribution in [0.4, 0.5) is 0 Å². The number of carboxylic acid groups (broad SMARTS) is 1. The van der Waals surface area contributed by atoms with Crippen molar-refractivity contribution in [3.63, 3.8) is 0 Å². The van der Waals surface area contributed by atoms with Gasteiger partial charge in [0.2, 0.25) is 0 Å². The average Bonchev–Trinajstić information content (AvgIpc) is 2.59. The number of aryl methyl sites for hydroxylation is 1. The van der Waals surface area contributed by atoms with Gasteiger partial charge in [-0.15, -0.1) is 0 Å². The number of carboxylic acids is 1. The maximum Gasteiger partial charge on any atom is 0.303 e. The molecule has 0 fully saturated rings. The van der Waals surface area contributed by atoms with E-state index >= 15 is 0 Å². The molecule has 1 N–H and O–H groups in total. The number of para-hydroxylation sites is 2. The monoisotopic (exact) mass is 330 g/mol. The van der Waals surface area contributed by atoms with Crippen LogP contribution in [0.25, 0.3) is 0 Å². The molecule has 24 heavy (non-hydrogen) atoms. The molecule has 5 nitrogen and oxygen atoms in total. The van der Waals surface area contributed by atoms with Crippen molar-refractivity contribution in [2.45, 2.75) is 19.8 Å². The van der Waals surface area contributed by atoms with Gasteiger partial charge in [0.1, 0.15) is 19.0 Å². The van der Waals surface area contributed by atoms with E-state index in [2.05, 4.69) is 0 Å². The SMILES string of the molecule is CCOc1ccccc1OCCOc1ccc(CCC(=O)O)cc1. The number of rotatable bonds is 10. The van der Waals surface area contributed by atoms with Gasteiger partial charge in [-0.1, -0.05) is 24.3 Å². The Morgan fingerprint density at radius 2 is 1.54 bits per heavy atom. The van der Waals surface area contributed by atoms with Crippen LogP contribution in [0.5, 0.6) is 17.2 Å². The summed E-state index contributed by atoms with van der Waals surface area (Å²) in [5.74, 6) is 1.37. The number of hydrogen-bond acceptors (Lipinski definition) is 4. The fourth-order valence-electron chi connectivity index (χ4n) is 2.16. The zero-order valence-electron chi connectivity index (χ0n) is 13.7. The Morgan fingerprint density at radius 1 is 0.917 bits per heavy atom. The normalized spacial score (nSPS) is 10.2. The van der Waals surface area contributed by atoms with E-state index in [0.717, 1.165) is 17.1 Å². The summed E-state index contributed by atoms with van der Waals surface area (Å²) in [7, 11) is 0. The molecule has 0 aliphatic heterocycles. The lowest BCUT2D eigenvalue weighted by atomic mass is 10.1. The van der Waals surface area contributed by atoms with Crippen LogP contribution >= 0.6 is 0 Å². The van der Waals surface area contributed by atoms with E-state index in [0.29, 0.717) is 32.0 Å². The Bertz CT molecular complexity index is 636. The predicted molar refractivity (Wildman–Crippen MR) is 91.0 cm³/mol. The van der Waals surface area contributed by atoms with Crippen LogP contribution in [-0.4, -0.2) is 30.9 Å². The molecule has 2 rings (SSSR count). The van der Waals surface area contributed by atoms with Gasteiger partial charge in [0.25, 0.3) is 0 Å². The maximum absolute atomic E-state index is 10.5. The molecule has 0 unspecified atom stereocenters. The molecule has 0 aliphatic rings. The van der Waals surface area contributed by atoms with Gasteiger partial charge in [-0.25, -0.2) is 0 Å². The summed E-state index contributed by atoms with van der Waals surface area (Å²) in [6, 6.07) is 15.0. The molecule has 0 spiro atoms. The molecule has 0 aromatic heterocycles. The van der Waals surface area contributed by atoms with E-state index < -0.39 is 5.97 Å². The molecular formula is C19H22O5. The fourth-order valence-corrected chi connectivity index (χ4v) is 2.16. The van der Waals surface area contributed by atoms with Gasteiger partial charge in [-0.3, -0.25) is 4.79 Å². The van der Waals surface area contributed by atoms with Gasteiger partial charge < -0.3 is 19.3 Å². The first-order valence-electron chi connectivity index (χ1n) is 7.97. The summed E-state index contributed by atoms with van der Waals surface area (Å²) in [6.07, 6.45) is 0.653. The van der Waals surface area contributed by atoms with Crippen molar-refractivity contribution in [2.24, 2.45) is 0 Å². The molecular weight excluding hydrogens is 308 g/mol. The van der Waals surface area contributed by atoms with Crippen molar-refractivity contribution in [1.29, 1.82) is 0 Å². The highest BCUT2D eigenvalue weighted by Crippen LogP contribution is 2.26. The van der Waals surface area contributed by atoms with E-state index in [9.17, 15) is 4.79 Å². The molecule has 0 bridgehead atoms. The zero-order chi connectivity index (χ0) is 17.2. The predicted octanol–water partition coefficient (Wildman–Crippen LogP) is 3.56. The third-order valence-corrected chi connectivity index (χ3v) is 3.31. The van der Waals surface area contributed by atoms with E-state index in [4.69, 9.17) is 19.3 Å². The lowest BCUT2D eigenvalue weighted by molar-refractivity contribution is -0.136. The van der Waals surface area contributed by atoms with Crippen LogP contribution in [-0.2, 0) is 11.2 Å². The number of carbonyl (C=O) groups is 1. The molecule has 0 amide bonds. The second kappa shape index (κ2) is 9.45. The zero-order valence-corrected chi connectivity index (χ0v) is 13.7. The largest absolute Gasteiger partial charge is 0.490 e. The summed E-state index contributed by atoms with van der Waals surface area (Å²) >= 11 is 0. The van der Waals surface area contributed by atoms with Gasteiger partial charge in [-0.05, 0) is 43.2 Å². The molecule has 0 heterocycles. The standard InChI is InChI=1S/C19H22O5/c1-2-22-17-5-3-4-6-18(17)24-14-13-23-16-10-7-15(8-11-16)9-12-19(20)21/h3-8,10-11H,2,9,12-14H2,1H3,(H,20,21). The topological polar surface area (TPSA) is 65.0 Å². The van der Waals surface area contributed by atoms with Crippen molar-refractivity contribution in [3.05, 3.63) is 54.1 Å². The van der Waals surface area contributed by atoms with Crippen LogP contribution in [0.3, 0.4) is 0 Å². The minimum atomic E-state index is -0.792. The second-order valence-corrected chi connectivity index (χ2v) is 5.11. The van der Waals surface area contributed by atoms with E-state index in [1.54, 1.807) is 0 Å². The van der Waals surface area contributed by atoms with Gasteiger partial charge in [0.15, 0.2) is 11.5 Å². The molecule has 128 valence electrons. The van der Waals surface area contributed by atoms with Crippen LogP contribution < -0.4 is 14.2 Å². The quantitative estimate of drug-likeness (QED) is 0.675. The number of ether oxygens (including phenoxy) is 3. The van der Waals surface area contributed by atoms with E-state index in [1.807, 2.05) is 55.5 Å². The highest BCUT2D eigenvalue weighted by atomic mass is 16.5. The van der Waals surface area contributed by atoms with Crippen LogP contribution in [0, 0.1) is 0 Å². The molecule has 0 atom stereocenters. The van der Waals surface area contributed by atoms with Crippen molar-refractivity contribution < 1.29 is 24.1 Å². The Kier molecular flexibility index (Phi) is 6.95. The van der Waals surface area contributed by atoms with E-state index in [-0.39, 0.29) is 6.42 Å². The smallest absolute Gasteiger partial charge is 0.303 e. The van der Waals surface area contributed by atoms with Crippen molar-refractivity contribution in [3.8, 4) is 17.2 Å². The molecule has 5 heteroatoms. The summed E-state index contributed by atoms with van der Waals surface area (Å²) in [5.41, 5.74) is 0.978. The molecule has 2 aromatic rings. The third-order valence-electron chi connectivity index (χ3n) is 3.31.